The van der Waals surface area contributed by atoms with Gasteiger partial charge in [0.25, 0.3) is 0 Å². The first kappa shape index (κ1) is 95.7. The third kappa shape index (κ3) is 72.1. The number of hydrogen-bond acceptors (Lipinski definition) is 15. The molecule has 5 atom stereocenters. The predicted octanol–water partition coefficient (Wildman–Crippen LogP) is 22.6. The molecule has 0 amide bonds. The maximum atomic E-state index is 13.1. The first-order valence-electron chi connectivity index (χ1n) is 39.1. The number of hydrogen-bond donors (Lipinski definition) is 3. The SMILES string of the molecule is CC/C=C\C/C=C\C/C=C\C/C=C\C/C=C\CC(=O)OCC(COP(=O)(O)OCC(O)COP(=O)(O)OCC(COC(=O)CCCCCCC/C=C\C/C=C\C/C=C\CC)OC(=O)CCCCCCCCCCCCCCCCC)OC(=O)CCCCCCC/C=C\CCCCCCCC. The van der Waals surface area contributed by atoms with E-state index < -0.39 is 97.5 Å². The van der Waals surface area contributed by atoms with Gasteiger partial charge in [-0.25, -0.2) is 9.13 Å². The molecule has 0 aromatic rings. The summed E-state index contributed by atoms with van der Waals surface area (Å²) in [6, 6.07) is 0. The molecule has 0 heterocycles. The monoisotopic (exact) mass is 1450 g/mol. The maximum Gasteiger partial charge on any atom is 0.472 e. The van der Waals surface area contributed by atoms with Gasteiger partial charge in [0.05, 0.1) is 32.8 Å². The minimum atomic E-state index is -5.00. The molecule has 0 aromatic heterocycles. The topological polar surface area (TPSA) is 237 Å². The fraction of sp³-hybridized carbons (Fsp3) is 0.728. The molecule has 19 heteroatoms. The summed E-state index contributed by atoms with van der Waals surface area (Å²) in [5.74, 6) is -2.34. The molecule has 5 unspecified atom stereocenters. The number of aliphatic hydroxyl groups is 1. The third-order valence-electron chi connectivity index (χ3n) is 16.3. The van der Waals surface area contributed by atoms with Crippen LogP contribution < -0.4 is 0 Å². The van der Waals surface area contributed by atoms with Crippen LogP contribution in [0, 0.1) is 0 Å². The summed E-state index contributed by atoms with van der Waals surface area (Å²) in [5, 5.41) is 10.6. The highest BCUT2D eigenvalue weighted by molar-refractivity contribution is 7.47. The van der Waals surface area contributed by atoms with Gasteiger partial charge in [0.1, 0.15) is 19.3 Å². The highest BCUT2D eigenvalue weighted by Crippen LogP contribution is 2.45. The Labute approximate surface area is 607 Å². The minimum absolute atomic E-state index is 0.0652. The second-order valence-electron chi connectivity index (χ2n) is 25.9. The maximum absolute atomic E-state index is 13.1. The molecule has 0 saturated carbocycles. The standard InChI is InChI=1S/C81H140O17P2/c1-5-9-13-17-21-25-29-33-37-41-45-49-53-57-61-65-78(83)91-71-76(97-80(85)67-63-59-55-51-47-43-39-35-31-27-23-19-15-11-7-3)73-95-99(87,88)93-69-75(82)70-94-100(89,90)96-74-77(98-81(86)68-64-60-56-52-48-44-40-36-32-28-24-20-16-12-8-4)72-92-79(84)66-62-58-54-50-46-42-38-34-30-26-22-18-14-10-6-2/h9-10,13-14,21-22,25-26,33-35,37-39,45,49,57,61,75-77,82H,5-8,11-12,15-20,23-24,27-32,36,40-44,46-48,50-56,58-60,62-74H2,1-4H3,(H,87,88)(H,89,90)/b13-9-,14-10-,25-21-,26-22-,37-33-,38-34-,39-35-,49-45-,61-57-. The van der Waals surface area contributed by atoms with Crippen LogP contribution in [0.15, 0.2) is 109 Å². The summed E-state index contributed by atoms with van der Waals surface area (Å²) in [5.41, 5.74) is 0. The Morgan fingerprint density at radius 1 is 0.300 bits per heavy atom. The van der Waals surface area contributed by atoms with Gasteiger partial charge in [-0.2, -0.15) is 0 Å². The van der Waals surface area contributed by atoms with Gasteiger partial charge >= 0.3 is 39.5 Å². The molecule has 0 fully saturated rings. The van der Waals surface area contributed by atoms with Crippen molar-refractivity contribution in [1.82, 2.24) is 0 Å². The molecular formula is C81H140O17P2. The third-order valence-corrected chi connectivity index (χ3v) is 18.2. The molecule has 0 saturated heterocycles. The zero-order chi connectivity index (χ0) is 73.2. The second-order valence-corrected chi connectivity index (χ2v) is 28.8. The summed E-state index contributed by atoms with van der Waals surface area (Å²) in [6.07, 6.45) is 78.2. The summed E-state index contributed by atoms with van der Waals surface area (Å²) in [4.78, 5) is 72.9. The van der Waals surface area contributed by atoms with Gasteiger partial charge in [0.2, 0.25) is 0 Å². The highest BCUT2D eigenvalue weighted by atomic mass is 31.2. The smallest absolute Gasteiger partial charge is 0.462 e. The van der Waals surface area contributed by atoms with Gasteiger partial charge < -0.3 is 33.8 Å². The van der Waals surface area contributed by atoms with Crippen LogP contribution in [0.1, 0.15) is 323 Å². The van der Waals surface area contributed by atoms with Crippen LogP contribution in [-0.4, -0.2) is 96.7 Å². The van der Waals surface area contributed by atoms with Crippen LogP contribution in [0.3, 0.4) is 0 Å². The Kier molecular flexibility index (Phi) is 69.9. The van der Waals surface area contributed by atoms with E-state index in [0.29, 0.717) is 25.7 Å². The van der Waals surface area contributed by atoms with E-state index in [0.717, 1.165) is 141 Å². The van der Waals surface area contributed by atoms with E-state index in [1.807, 2.05) is 18.2 Å². The fourth-order valence-corrected chi connectivity index (χ4v) is 11.9. The van der Waals surface area contributed by atoms with Crippen LogP contribution in [0.25, 0.3) is 0 Å². The first-order valence-corrected chi connectivity index (χ1v) is 42.1. The van der Waals surface area contributed by atoms with Crippen LogP contribution in [0.5, 0.6) is 0 Å². The number of unbranched alkanes of at least 4 members (excludes halogenated alkanes) is 30. The zero-order valence-corrected chi connectivity index (χ0v) is 64.6. The molecule has 576 valence electrons. The van der Waals surface area contributed by atoms with Crippen molar-refractivity contribution < 1.29 is 80.2 Å². The van der Waals surface area contributed by atoms with Gasteiger partial charge in [-0.05, 0) is 109 Å². The zero-order valence-electron chi connectivity index (χ0n) is 62.8. The molecule has 0 bridgehead atoms. The van der Waals surface area contributed by atoms with Gasteiger partial charge in [0.15, 0.2) is 12.2 Å². The molecule has 0 aliphatic carbocycles. The first-order chi connectivity index (χ1) is 48.7. The summed E-state index contributed by atoms with van der Waals surface area (Å²) in [6.45, 7) is 4.53. The number of ether oxygens (including phenoxy) is 4. The van der Waals surface area contributed by atoms with Gasteiger partial charge in [-0.3, -0.25) is 37.3 Å². The van der Waals surface area contributed by atoms with E-state index in [9.17, 15) is 43.2 Å². The van der Waals surface area contributed by atoms with Gasteiger partial charge in [-0.15, -0.1) is 0 Å². The lowest BCUT2D eigenvalue weighted by atomic mass is 10.0. The van der Waals surface area contributed by atoms with E-state index in [4.69, 9.17) is 37.0 Å². The van der Waals surface area contributed by atoms with Crippen molar-refractivity contribution >= 4 is 39.5 Å². The number of phosphoric acid groups is 2. The van der Waals surface area contributed by atoms with E-state index >= 15 is 0 Å². The Morgan fingerprint density at radius 3 is 0.900 bits per heavy atom. The second kappa shape index (κ2) is 73.0. The fourth-order valence-electron chi connectivity index (χ4n) is 10.4. The lowest BCUT2D eigenvalue weighted by Gasteiger charge is -2.21. The van der Waals surface area contributed by atoms with Crippen LogP contribution in [0.4, 0.5) is 0 Å². The molecular weight excluding hydrogens is 1310 g/mol. The number of aliphatic hydroxyl groups excluding tert-OH is 1. The molecule has 17 nitrogen and oxygen atoms in total. The largest absolute Gasteiger partial charge is 0.472 e. The van der Waals surface area contributed by atoms with E-state index in [2.05, 4.69) is 113 Å². The summed E-state index contributed by atoms with van der Waals surface area (Å²) < 4.78 is 68.4. The normalized spacial score (nSPS) is 14.5. The summed E-state index contributed by atoms with van der Waals surface area (Å²) in [7, 11) is -9.98. The van der Waals surface area contributed by atoms with Crippen molar-refractivity contribution in [1.29, 1.82) is 0 Å². The lowest BCUT2D eigenvalue weighted by Crippen LogP contribution is -2.30. The minimum Gasteiger partial charge on any atom is -0.462 e. The van der Waals surface area contributed by atoms with Crippen molar-refractivity contribution in [2.45, 2.75) is 341 Å². The van der Waals surface area contributed by atoms with Gasteiger partial charge in [0, 0.05) is 19.3 Å². The Morgan fingerprint density at radius 2 is 0.560 bits per heavy atom. The number of carbonyl (C=O) groups is 4. The number of rotatable bonds is 73. The van der Waals surface area contributed by atoms with Crippen molar-refractivity contribution in [3.63, 3.8) is 0 Å². The molecule has 0 aromatic carbocycles. The molecule has 0 radical (unpaired) electrons. The molecule has 100 heavy (non-hydrogen) atoms. The van der Waals surface area contributed by atoms with Crippen LogP contribution in [-0.2, 0) is 65.4 Å². The number of allylic oxidation sites excluding steroid dienone is 17. The average Bonchev–Trinajstić information content (AvgIpc) is 1.01. The van der Waals surface area contributed by atoms with E-state index in [-0.39, 0.29) is 25.7 Å². The van der Waals surface area contributed by atoms with Crippen molar-refractivity contribution in [2.75, 3.05) is 39.6 Å². The summed E-state index contributed by atoms with van der Waals surface area (Å²) >= 11 is 0. The van der Waals surface area contributed by atoms with Crippen molar-refractivity contribution in [3.05, 3.63) is 109 Å². The molecule has 0 aliphatic heterocycles. The Bertz CT molecular complexity index is 2320. The van der Waals surface area contributed by atoms with E-state index in [1.165, 1.54) is 103 Å². The number of phosphoric ester groups is 2. The molecule has 0 spiro atoms. The predicted molar refractivity (Wildman–Crippen MR) is 408 cm³/mol. The Balaban J connectivity index is 5.42. The van der Waals surface area contributed by atoms with Crippen LogP contribution >= 0.6 is 15.6 Å². The van der Waals surface area contributed by atoms with Gasteiger partial charge in [-0.1, -0.05) is 298 Å². The van der Waals surface area contributed by atoms with Crippen molar-refractivity contribution in [2.24, 2.45) is 0 Å². The molecule has 0 rings (SSSR count). The Hall–Kier alpha value is -4.28. The quantitative estimate of drug-likeness (QED) is 0.0169. The van der Waals surface area contributed by atoms with Crippen molar-refractivity contribution in [3.8, 4) is 0 Å². The number of carbonyl (C=O) groups excluding carboxylic acids is 4. The van der Waals surface area contributed by atoms with E-state index in [1.54, 1.807) is 6.08 Å². The van der Waals surface area contributed by atoms with Crippen LogP contribution in [0.2, 0.25) is 0 Å². The highest BCUT2D eigenvalue weighted by Gasteiger charge is 2.30. The molecule has 3 N–H and O–H groups in total. The molecule has 0 aliphatic rings. The number of esters is 4. The lowest BCUT2D eigenvalue weighted by molar-refractivity contribution is -0.161. The average molecular weight is 1450 g/mol.